The number of carbonyl (C=O) groups excluding carboxylic acids is 2. The third kappa shape index (κ3) is 4.77. The number of allylic oxidation sites excluding steroid dienone is 1. The van der Waals surface area contributed by atoms with Crippen LogP contribution in [0.4, 0.5) is 5.95 Å². The van der Waals surface area contributed by atoms with Crippen molar-refractivity contribution in [1.82, 2.24) is 14.9 Å². The van der Waals surface area contributed by atoms with Crippen LogP contribution in [-0.2, 0) is 9.59 Å². The molecular weight excluding hydrogens is 426 g/mol. The number of carbonyl (C=O) groups is 2. The van der Waals surface area contributed by atoms with Crippen molar-refractivity contribution in [2.45, 2.75) is 51.4 Å². The van der Waals surface area contributed by atoms with Gasteiger partial charge in [0.25, 0.3) is 5.91 Å². The molecule has 0 atom stereocenters. The monoisotopic (exact) mass is 455 g/mol. The predicted molar refractivity (Wildman–Crippen MR) is 125 cm³/mol. The van der Waals surface area contributed by atoms with Crippen molar-refractivity contribution in [2.75, 3.05) is 18.4 Å². The second kappa shape index (κ2) is 8.77. The Kier molecular flexibility index (Phi) is 5.84. The molecule has 2 amide bonds. The first-order valence-corrected chi connectivity index (χ1v) is 12.1. The van der Waals surface area contributed by atoms with Crippen LogP contribution in [0.1, 0.15) is 51.4 Å². The van der Waals surface area contributed by atoms with Crippen LogP contribution < -0.4 is 11.1 Å². The van der Waals surface area contributed by atoms with Crippen LogP contribution in [0.2, 0.25) is 5.02 Å². The number of nitrogens with one attached hydrogen (secondary N) is 2. The highest BCUT2D eigenvalue weighted by molar-refractivity contribution is 6.31. The van der Waals surface area contributed by atoms with Gasteiger partial charge in [-0.3, -0.25) is 14.9 Å². The molecule has 0 radical (unpaired) electrons. The van der Waals surface area contributed by atoms with Gasteiger partial charge in [-0.25, -0.2) is 4.98 Å². The summed E-state index contributed by atoms with van der Waals surface area (Å²) in [4.78, 5) is 35.0. The average Bonchev–Trinajstić information content (AvgIpc) is 3.70. The molecule has 2 heterocycles. The Hall–Kier alpha value is -2.54. The fraction of sp³-hybridized carbons (Fsp3) is 0.542. The lowest BCUT2D eigenvalue weighted by atomic mass is 9.89. The van der Waals surface area contributed by atoms with E-state index in [9.17, 15) is 9.59 Å². The van der Waals surface area contributed by atoms with E-state index in [4.69, 9.17) is 17.3 Å². The van der Waals surface area contributed by atoms with E-state index in [1.54, 1.807) is 12.1 Å². The zero-order valence-electron chi connectivity index (χ0n) is 18.2. The summed E-state index contributed by atoms with van der Waals surface area (Å²) in [6, 6.07) is 5.38. The SMILES string of the molecule is N/C(=C(/CCC1CCN(C(=O)C2CC2)CC1)C(=O)Nc1nc2ccc(Cl)cc2[nH]1)C1CC1. The van der Waals surface area contributed by atoms with E-state index in [0.717, 1.165) is 74.8 Å². The maximum absolute atomic E-state index is 13.1. The number of benzene rings is 1. The van der Waals surface area contributed by atoms with Gasteiger partial charge in [0.1, 0.15) is 0 Å². The van der Waals surface area contributed by atoms with E-state index in [1.807, 2.05) is 11.0 Å². The second-order valence-electron chi connectivity index (χ2n) is 9.49. The van der Waals surface area contributed by atoms with Gasteiger partial charge < -0.3 is 15.6 Å². The van der Waals surface area contributed by atoms with Crippen LogP contribution in [0.25, 0.3) is 11.0 Å². The van der Waals surface area contributed by atoms with Gasteiger partial charge in [0.2, 0.25) is 11.9 Å². The van der Waals surface area contributed by atoms with Crippen molar-refractivity contribution < 1.29 is 9.59 Å². The van der Waals surface area contributed by atoms with E-state index in [0.29, 0.717) is 40.7 Å². The molecule has 32 heavy (non-hydrogen) atoms. The number of aromatic amines is 1. The highest BCUT2D eigenvalue weighted by atomic mass is 35.5. The topological polar surface area (TPSA) is 104 Å². The Labute approximate surface area is 192 Å². The minimum atomic E-state index is -0.180. The highest BCUT2D eigenvalue weighted by Crippen LogP contribution is 2.37. The molecule has 3 aliphatic rings. The van der Waals surface area contributed by atoms with Gasteiger partial charge >= 0.3 is 0 Å². The maximum atomic E-state index is 13.1. The first-order valence-electron chi connectivity index (χ1n) is 11.7. The third-order valence-electron chi connectivity index (χ3n) is 6.97. The number of nitrogens with zero attached hydrogens (tertiary/aromatic N) is 2. The smallest absolute Gasteiger partial charge is 0.255 e. The first-order chi connectivity index (χ1) is 15.5. The number of fused-ring (bicyclic) bond motifs is 1. The number of amides is 2. The van der Waals surface area contributed by atoms with Crippen LogP contribution in [0.5, 0.6) is 0 Å². The molecule has 7 nitrogen and oxygen atoms in total. The molecule has 2 saturated carbocycles. The molecule has 4 N–H and O–H groups in total. The van der Waals surface area contributed by atoms with Crippen molar-refractivity contribution in [2.24, 2.45) is 23.5 Å². The van der Waals surface area contributed by atoms with Crippen LogP contribution in [0.3, 0.4) is 0 Å². The summed E-state index contributed by atoms with van der Waals surface area (Å²) < 4.78 is 0. The molecule has 1 aromatic heterocycles. The third-order valence-corrected chi connectivity index (χ3v) is 7.21. The van der Waals surface area contributed by atoms with Gasteiger partial charge in [-0.15, -0.1) is 0 Å². The molecule has 3 fully saturated rings. The van der Waals surface area contributed by atoms with Crippen LogP contribution in [-0.4, -0.2) is 39.8 Å². The molecule has 0 bridgehead atoms. The Morgan fingerprint density at radius 3 is 2.53 bits per heavy atom. The predicted octanol–water partition coefficient (Wildman–Crippen LogP) is 4.21. The number of nitrogens with two attached hydrogens (primary N) is 1. The van der Waals surface area contributed by atoms with E-state index >= 15 is 0 Å². The van der Waals surface area contributed by atoms with Crippen LogP contribution in [0, 0.1) is 17.8 Å². The van der Waals surface area contributed by atoms with Crippen molar-refractivity contribution in [3.63, 3.8) is 0 Å². The quantitative estimate of drug-likeness (QED) is 0.544. The molecule has 8 heteroatoms. The molecule has 0 unspecified atom stereocenters. The summed E-state index contributed by atoms with van der Waals surface area (Å²) >= 11 is 6.05. The summed E-state index contributed by atoms with van der Waals surface area (Å²) in [6.07, 6.45) is 7.78. The first kappa shape index (κ1) is 21.3. The number of anilines is 1. The largest absolute Gasteiger partial charge is 0.401 e. The van der Waals surface area contributed by atoms with Gasteiger partial charge in [-0.1, -0.05) is 11.6 Å². The zero-order valence-corrected chi connectivity index (χ0v) is 19.0. The van der Waals surface area contributed by atoms with Crippen molar-refractivity contribution in [1.29, 1.82) is 0 Å². The number of piperidine rings is 1. The molecule has 1 saturated heterocycles. The van der Waals surface area contributed by atoms with Gasteiger partial charge in [-0.2, -0.15) is 0 Å². The van der Waals surface area contributed by atoms with E-state index < -0.39 is 0 Å². The summed E-state index contributed by atoms with van der Waals surface area (Å²) in [6.45, 7) is 1.68. The molecule has 2 aromatic rings. The Morgan fingerprint density at radius 2 is 1.84 bits per heavy atom. The van der Waals surface area contributed by atoms with E-state index in [1.165, 1.54) is 0 Å². The van der Waals surface area contributed by atoms with Crippen molar-refractivity contribution in [3.8, 4) is 0 Å². The number of imidazole rings is 1. The lowest BCUT2D eigenvalue weighted by Crippen LogP contribution is -2.39. The molecular formula is C24H30ClN5O2. The number of likely N-dealkylation sites (tertiary alicyclic amines) is 1. The van der Waals surface area contributed by atoms with Gasteiger partial charge in [0, 0.05) is 35.3 Å². The second-order valence-corrected chi connectivity index (χ2v) is 9.93. The van der Waals surface area contributed by atoms with Crippen molar-refractivity contribution in [3.05, 3.63) is 34.5 Å². The minimum Gasteiger partial charge on any atom is -0.401 e. The molecule has 5 rings (SSSR count). The van der Waals surface area contributed by atoms with E-state index in [-0.39, 0.29) is 11.8 Å². The highest BCUT2D eigenvalue weighted by Gasteiger charge is 2.35. The summed E-state index contributed by atoms with van der Waals surface area (Å²) in [5, 5.41) is 3.52. The number of hydrogen-bond acceptors (Lipinski definition) is 4. The van der Waals surface area contributed by atoms with Crippen molar-refractivity contribution >= 4 is 40.4 Å². The zero-order chi connectivity index (χ0) is 22.2. The molecule has 2 aliphatic carbocycles. The van der Waals surface area contributed by atoms with Gasteiger partial charge in [0.05, 0.1) is 11.0 Å². The van der Waals surface area contributed by atoms with Crippen LogP contribution in [0.15, 0.2) is 29.5 Å². The summed E-state index contributed by atoms with van der Waals surface area (Å²) in [5.74, 6) is 1.69. The molecule has 170 valence electrons. The maximum Gasteiger partial charge on any atom is 0.255 e. The van der Waals surface area contributed by atoms with Gasteiger partial charge in [0.15, 0.2) is 0 Å². The fourth-order valence-electron chi connectivity index (χ4n) is 4.63. The average molecular weight is 456 g/mol. The summed E-state index contributed by atoms with van der Waals surface area (Å²) in [7, 11) is 0. The molecule has 1 aliphatic heterocycles. The summed E-state index contributed by atoms with van der Waals surface area (Å²) in [5.41, 5.74) is 9.34. The number of H-pyrrole nitrogens is 1. The normalized spacial score (nSPS) is 20.3. The molecule has 1 aromatic carbocycles. The number of hydrogen-bond donors (Lipinski definition) is 3. The Morgan fingerprint density at radius 1 is 1.12 bits per heavy atom. The Bertz CT molecular complexity index is 1060. The number of rotatable bonds is 7. The number of aromatic nitrogens is 2. The number of halogens is 1. The standard InChI is InChI=1S/C24H30ClN5O2/c25-17-6-8-19-20(13-17)28-24(27-19)29-22(31)18(21(26)15-2-3-15)7-1-14-9-11-30(12-10-14)23(32)16-4-5-16/h6,8,13-16H,1-5,7,9-12,26H2,(H2,27,28,29,31)/b21-18-. The Balaban J connectivity index is 1.21. The lowest BCUT2D eigenvalue weighted by molar-refractivity contribution is -0.133. The van der Waals surface area contributed by atoms with Gasteiger partial charge in [-0.05, 0) is 81.4 Å². The van der Waals surface area contributed by atoms with E-state index in [2.05, 4.69) is 15.3 Å². The molecule has 0 spiro atoms. The van der Waals surface area contributed by atoms with Crippen LogP contribution >= 0.6 is 11.6 Å². The minimum absolute atomic E-state index is 0.180. The lowest BCUT2D eigenvalue weighted by Gasteiger charge is -2.32. The fourth-order valence-corrected chi connectivity index (χ4v) is 4.80.